The highest BCUT2D eigenvalue weighted by Gasteiger charge is 2.14. The number of aryl methyl sites for hydroxylation is 2. The maximum absolute atomic E-state index is 12.6. The highest BCUT2D eigenvalue weighted by molar-refractivity contribution is 6.32. The van der Waals surface area contributed by atoms with Crippen molar-refractivity contribution in [3.05, 3.63) is 63.7 Å². The first-order valence-corrected chi connectivity index (χ1v) is 8.69. The lowest BCUT2D eigenvalue weighted by atomic mass is 9.97. The molecule has 128 valence electrons. The van der Waals surface area contributed by atoms with Crippen LogP contribution < -0.4 is 10.1 Å². The normalized spacial score (nSPS) is 10.5. The second kappa shape index (κ2) is 8.74. The Labute approximate surface area is 149 Å². The molecule has 0 fully saturated rings. The van der Waals surface area contributed by atoms with E-state index in [-0.39, 0.29) is 5.91 Å². The molecule has 0 radical (unpaired) electrons. The van der Waals surface area contributed by atoms with Gasteiger partial charge in [-0.25, -0.2) is 0 Å². The van der Waals surface area contributed by atoms with Gasteiger partial charge in [-0.3, -0.25) is 4.79 Å². The Hall–Kier alpha value is -2.00. The van der Waals surface area contributed by atoms with Gasteiger partial charge < -0.3 is 10.1 Å². The molecule has 24 heavy (non-hydrogen) atoms. The van der Waals surface area contributed by atoms with Crippen molar-refractivity contribution in [1.82, 2.24) is 5.32 Å². The molecule has 0 spiro atoms. The fourth-order valence-corrected chi connectivity index (χ4v) is 3.09. The van der Waals surface area contributed by atoms with Gasteiger partial charge in [0.15, 0.2) is 0 Å². The topological polar surface area (TPSA) is 38.3 Å². The van der Waals surface area contributed by atoms with Gasteiger partial charge in [-0.1, -0.05) is 49.7 Å². The molecule has 2 aromatic rings. The molecule has 3 nitrogen and oxygen atoms in total. The van der Waals surface area contributed by atoms with E-state index in [1.807, 2.05) is 36.4 Å². The number of rotatable bonds is 7. The summed E-state index contributed by atoms with van der Waals surface area (Å²) in [6, 6.07) is 11.8. The summed E-state index contributed by atoms with van der Waals surface area (Å²) < 4.78 is 5.15. The number of methoxy groups -OCH3 is 1. The summed E-state index contributed by atoms with van der Waals surface area (Å²) in [5.41, 5.74) is 4.09. The molecule has 0 heterocycles. The Morgan fingerprint density at radius 3 is 2.33 bits per heavy atom. The average molecular weight is 346 g/mol. The van der Waals surface area contributed by atoms with Crippen LogP contribution in [0.25, 0.3) is 0 Å². The molecule has 1 amide bonds. The first kappa shape index (κ1) is 18.3. The van der Waals surface area contributed by atoms with Crippen LogP contribution in [-0.2, 0) is 19.3 Å². The standard InChI is InChI=1S/C20H24ClNO2/c1-4-15-7-6-8-16(5-2)19(15)20(23)22-12-11-14-9-10-18(24-3)17(21)13-14/h6-10,13H,4-5,11-12H2,1-3H3,(H,22,23). The lowest BCUT2D eigenvalue weighted by molar-refractivity contribution is 0.0952. The van der Waals surface area contributed by atoms with E-state index < -0.39 is 0 Å². The van der Waals surface area contributed by atoms with Gasteiger partial charge in [0, 0.05) is 12.1 Å². The van der Waals surface area contributed by atoms with Gasteiger partial charge in [0.1, 0.15) is 5.75 Å². The number of hydrogen-bond donors (Lipinski definition) is 1. The minimum atomic E-state index is 0.00362. The summed E-state index contributed by atoms with van der Waals surface area (Å²) in [6.45, 7) is 4.72. The fourth-order valence-electron chi connectivity index (χ4n) is 2.81. The molecule has 0 saturated heterocycles. The lowest BCUT2D eigenvalue weighted by Gasteiger charge is -2.13. The molecule has 2 rings (SSSR count). The molecule has 1 N–H and O–H groups in total. The molecule has 0 atom stereocenters. The zero-order chi connectivity index (χ0) is 17.5. The quantitative estimate of drug-likeness (QED) is 0.805. The van der Waals surface area contributed by atoms with Gasteiger partial charge in [-0.05, 0) is 48.1 Å². The van der Waals surface area contributed by atoms with Crippen molar-refractivity contribution in [2.45, 2.75) is 33.1 Å². The first-order valence-electron chi connectivity index (χ1n) is 8.32. The largest absolute Gasteiger partial charge is 0.495 e. The fraction of sp³-hybridized carbons (Fsp3) is 0.350. The van der Waals surface area contributed by atoms with Crippen LogP contribution in [0.2, 0.25) is 5.02 Å². The maximum Gasteiger partial charge on any atom is 0.251 e. The van der Waals surface area contributed by atoms with E-state index in [9.17, 15) is 4.79 Å². The van der Waals surface area contributed by atoms with Crippen LogP contribution in [0.5, 0.6) is 5.75 Å². The zero-order valence-corrected chi connectivity index (χ0v) is 15.2. The van der Waals surface area contributed by atoms with E-state index in [0.717, 1.165) is 41.5 Å². The van der Waals surface area contributed by atoms with Crippen LogP contribution in [0.3, 0.4) is 0 Å². The van der Waals surface area contributed by atoms with E-state index in [2.05, 4.69) is 19.2 Å². The van der Waals surface area contributed by atoms with Gasteiger partial charge in [0.2, 0.25) is 0 Å². The summed E-state index contributed by atoms with van der Waals surface area (Å²) in [5, 5.41) is 3.62. The van der Waals surface area contributed by atoms with E-state index in [4.69, 9.17) is 16.3 Å². The molecule has 0 aliphatic carbocycles. The third-order valence-corrected chi connectivity index (χ3v) is 4.44. The number of nitrogens with one attached hydrogen (secondary N) is 1. The van der Waals surface area contributed by atoms with Crippen molar-refractivity contribution >= 4 is 17.5 Å². The summed E-state index contributed by atoms with van der Waals surface area (Å²) in [7, 11) is 1.59. The van der Waals surface area contributed by atoms with Crippen LogP contribution in [-0.4, -0.2) is 19.6 Å². The van der Waals surface area contributed by atoms with Crippen molar-refractivity contribution in [3.8, 4) is 5.75 Å². The van der Waals surface area contributed by atoms with E-state index in [1.54, 1.807) is 7.11 Å². The van der Waals surface area contributed by atoms with E-state index >= 15 is 0 Å². The van der Waals surface area contributed by atoms with Crippen LogP contribution >= 0.6 is 11.6 Å². The molecule has 0 aromatic heterocycles. The van der Waals surface area contributed by atoms with Crippen molar-refractivity contribution in [3.63, 3.8) is 0 Å². The number of halogens is 1. The lowest BCUT2D eigenvalue weighted by Crippen LogP contribution is -2.27. The van der Waals surface area contributed by atoms with Crippen molar-refractivity contribution < 1.29 is 9.53 Å². The predicted octanol–water partition coefficient (Wildman–Crippen LogP) is 4.45. The van der Waals surface area contributed by atoms with Gasteiger partial charge in [0.25, 0.3) is 5.91 Å². The number of carbonyl (C=O) groups excluding carboxylic acids is 1. The summed E-state index contributed by atoms with van der Waals surface area (Å²) in [4.78, 5) is 12.6. The smallest absolute Gasteiger partial charge is 0.251 e. The zero-order valence-electron chi connectivity index (χ0n) is 14.5. The summed E-state index contributed by atoms with van der Waals surface area (Å²) in [5.74, 6) is 0.665. The Morgan fingerprint density at radius 1 is 1.12 bits per heavy atom. The predicted molar refractivity (Wildman–Crippen MR) is 99.2 cm³/mol. The minimum Gasteiger partial charge on any atom is -0.495 e. The number of amides is 1. The molecule has 0 aliphatic heterocycles. The number of hydrogen-bond acceptors (Lipinski definition) is 2. The number of ether oxygens (including phenoxy) is 1. The third kappa shape index (κ3) is 4.30. The molecule has 4 heteroatoms. The number of carbonyl (C=O) groups is 1. The van der Waals surface area contributed by atoms with Gasteiger partial charge in [0.05, 0.1) is 12.1 Å². The van der Waals surface area contributed by atoms with Gasteiger partial charge in [-0.15, -0.1) is 0 Å². The van der Waals surface area contributed by atoms with E-state index in [1.165, 1.54) is 0 Å². The second-order valence-corrected chi connectivity index (χ2v) is 6.04. The molecule has 2 aromatic carbocycles. The van der Waals surface area contributed by atoms with Crippen LogP contribution in [0, 0.1) is 0 Å². The molecule has 0 unspecified atom stereocenters. The van der Waals surface area contributed by atoms with E-state index in [0.29, 0.717) is 17.3 Å². The highest BCUT2D eigenvalue weighted by Crippen LogP contribution is 2.25. The molecular formula is C20H24ClNO2. The van der Waals surface area contributed by atoms with Crippen LogP contribution in [0.1, 0.15) is 40.9 Å². The van der Waals surface area contributed by atoms with Crippen LogP contribution in [0.4, 0.5) is 0 Å². The average Bonchev–Trinajstić information content (AvgIpc) is 2.60. The second-order valence-electron chi connectivity index (χ2n) is 5.63. The first-order chi connectivity index (χ1) is 11.6. The Morgan fingerprint density at radius 2 is 1.79 bits per heavy atom. The molecular weight excluding hydrogens is 322 g/mol. The molecule has 0 bridgehead atoms. The maximum atomic E-state index is 12.6. The van der Waals surface area contributed by atoms with Crippen molar-refractivity contribution in [2.24, 2.45) is 0 Å². The van der Waals surface area contributed by atoms with Gasteiger partial charge >= 0.3 is 0 Å². The number of benzene rings is 2. The Kier molecular flexibility index (Phi) is 6.68. The van der Waals surface area contributed by atoms with Crippen molar-refractivity contribution in [1.29, 1.82) is 0 Å². The SMILES string of the molecule is CCc1cccc(CC)c1C(=O)NCCc1ccc(OC)c(Cl)c1. The molecule has 0 saturated carbocycles. The molecule has 0 aliphatic rings. The van der Waals surface area contributed by atoms with Crippen LogP contribution in [0.15, 0.2) is 36.4 Å². The Balaban J connectivity index is 2.02. The van der Waals surface area contributed by atoms with Gasteiger partial charge in [-0.2, -0.15) is 0 Å². The summed E-state index contributed by atoms with van der Waals surface area (Å²) >= 11 is 6.13. The monoisotopic (exact) mass is 345 g/mol. The minimum absolute atomic E-state index is 0.00362. The summed E-state index contributed by atoms with van der Waals surface area (Å²) in [6.07, 6.45) is 2.43. The van der Waals surface area contributed by atoms with Crippen molar-refractivity contribution in [2.75, 3.05) is 13.7 Å². The third-order valence-electron chi connectivity index (χ3n) is 4.14. The highest BCUT2D eigenvalue weighted by atomic mass is 35.5. The Bertz CT molecular complexity index is 691.